The Kier molecular flexibility index (Phi) is 7.86. The molecule has 2 aliphatic rings. The van der Waals surface area contributed by atoms with Crippen molar-refractivity contribution in [2.45, 2.75) is 37.7 Å². The summed E-state index contributed by atoms with van der Waals surface area (Å²) in [5.41, 5.74) is 0.735. The molecule has 0 aliphatic carbocycles. The molecule has 8 nitrogen and oxygen atoms in total. The summed E-state index contributed by atoms with van der Waals surface area (Å²) in [6.07, 6.45) is 1.35. The van der Waals surface area contributed by atoms with Gasteiger partial charge in [0.05, 0.1) is 17.7 Å². The van der Waals surface area contributed by atoms with E-state index in [0.717, 1.165) is 18.5 Å². The normalized spacial score (nSPS) is 20.4. The molecule has 0 bridgehead atoms. The lowest BCUT2D eigenvalue weighted by Gasteiger charge is -2.37. The van der Waals surface area contributed by atoms with Crippen LogP contribution >= 0.6 is 0 Å². The highest BCUT2D eigenvalue weighted by molar-refractivity contribution is 7.89. The van der Waals surface area contributed by atoms with Gasteiger partial charge in [0, 0.05) is 39.3 Å². The maximum Gasteiger partial charge on any atom is 0.263 e. The summed E-state index contributed by atoms with van der Waals surface area (Å²) in [4.78, 5) is 17.1. The topological polar surface area (TPSA) is 79.4 Å². The zero-order chi connectivity index (χ0) is 25.0. The first-order valence-electron chi connectivity index (χ1n) is 12.2. The Labute approximate surface area is 208 Å². The molecule has 2 aromatic carbocycles. The van der Waals surface area contributed by atoms with Crippen molar-refractivity contribution in [1.29, 1.82) is 0 Å². The van der Waals surface area contributed by atoms with E-state index in [0.29, 0.717) is 56.7 Å². The summed E-state index contributed by atoms with van der Waals surface area (Å²) >= 11 is 0. The van der Waals surface area contributed by atoms with Crippen LogP contribution in [0.1, 0.15) is 26.7 Å². The number of amides is 1. The summed E-state index contributed by atoms with van der Waals surface area (Å²) in [7, 11) is -1.99. The summed E-state index contributed by atoms with van der Waals surface area (Å²) in [5.74, 6) is 1.58. The third kappa shape index (κ3) is 5.73. The van der Waals surface area contributed by atoms with Gasteiger partial charge in [-0.25, -0.2) is 8.42 Å². The number of methoxy groups -OCH3 is 1. The third-order valence-electron chi connectivity index (χ3n) is 6.74. The molecule has 0 radical (unpaired) electrons. The lowest BCUT2D eigenvalue weighted by Crippen LogP contribution is -2.52. The van der Waals surface area contributed by atoms with E-state index in [1.807, 2.05) is 30.3 Å². The van der Waals surface area contributed by atoms with E-state index in [1.165, 1.54) is 0 Å². The number of piperidine rings is 1. The summed E-state index contributed by atoms with van der Waals surface area (Å²) in [5, 5.41) is 0. The predicted octanol–water partition coefficient (Wildman–Crippen LogP) is 3.23. The molecule has 9 heteroatoms. The van der Waals surface area contributed by atoms with Gasteiger partial charge in [0.2, 0.25) is 10.0 Å². The van der Waals surface area contributed by atoms with Gasteiger partial charge < -0.3 is 19.3 Å². The van der Waals surface area contributed by atoms with E-state index in [2.05, 4.69) is 11.8 Å². The number of rotatable bonds is 7. The van der Waals surface area contributed by atoms with Gasteiger partial charge in [-0.2, -0.15) is 4.31 Å². The Balaban J connectivity index is 1.44. The number of hydrogen-bond acceptors (Lipinski definition) is 6. The summed E-state index contributed by atoms with van der Waals surface area (Å²) < 4.78 is 39.6. The summed E-state index contributed by atoms with van der Waals surface area (Å²) in [6.45, 7) is 7.14. The summed E-state index contributed by atoms with van der Waals surface area (Å²) in [6, 6.07) is 14.4. The van der Waals surface area contributed by atoms with Crippen molar-refractivity contribution in [1.82, 2.24) is 9.21 Å². The monoisotopic (exact) mass is 501 g/mol. The predicted molar refractivity (Wildman–Crippen MR) is 135 cm³/mol. The van der Waals surface area contributed by atoms with E-state index in [9.17, 15) is 13.2 Å². The molecule has 2 fully saturated rings. The SMILES string of the molecule is COc1ccc(S(=O)(=O)N2CCC[C@@H](C)C2)cc1N1CCN(C(=O)[C@H](C)Oc2ccccc2)CC1. The van der Waals surface area contributed by atoms with E-state index >= 15 is 0 Å². The van der Waals surface area contributed by atoms with Gasteiger partial charge in [-0.3, -0.25) is 4.79 Å². The molecule has 0 N–H and O–H groups in total. The average Bonchev–Trinajstić information content (AvgIpc) is 2.88. The van der Waals surface area contributed by atoms with Crippen LogP contribution in [0, 0.1) is 5.92 Å². The number of carbonyl (C=O) groups excluding carboxylic acids is 1. The molecule has 0 aromatic heterocycles. The Morgan fingerprint density at radius 1 is 1.03 bits per heavy atom. The van der Waals surface area contributed by atoms with Crippen LogP contribution in [-0.4, -0.2) is 76.0 Å². The lowest BCUT2D eigenvalue weighted by molar-refractivity contribution is -0.138. The minimum absolute atomic E-state index is 0.0592. The van der Waals surface area contributed by atoms with E-state index < -0.39 is 16.1 Å². The molecule has 0 unspecified atom stereocenters. The van der Waals surface area contributed by atoms with Gasteiger partial charge in [-0.1, -0.05) is 25.1 Å². The number of nitrogens with zero attached hydrogens (tertiary/aromatic N) is 3. The van der Waals surface area contributed by atoms with Crippen LogP contribution in [0.15, 0.2) is 53.4 Å². The van der Waals surface area contributed by atoms with Gasteiger partial charge >= 0.3 is 0 Å². The Bertz CT molecular complexity index is 1120. The first-order chi connectivity index (χ1) is 16.8. The van der Waals surface area contributed by atoms with Crippen LogP contribution in [0.25, 0.3) is 0 Å². The van der Waals surface area contributed by atoms with Crippen molar-refractivity contribution in [2.24, 2.45) is 5.92 Å². The number of benzene rings is 2. The lowest BCUT2D eigenvalue weighted by atomic mass is 10.0. The number of piperazine rings is 1. The zero-order valence-electron chi connectivity index (χ0n) is 20.7. The second-order valence-electron chi connectivity index (χ2n) is 9.33. The van der Waals surface area contributed by atoms with Crippen molar-refractivity contribution in [3.63, 3.8) is 0 Å². The maximum absolute atomic E-state index is 13.3. The average molecular weight is 502 g/mol. The number of para-hydroxylation sites is 1. The quantitative estimate of drug-likeness (QED) is 0.580. The molecule has 0 spiro atoms. The fourth-order valence-corrected chi connectivity index (χ4v) is 6.39. The fourth-order valence-electron chi connectivity index (χ4n) is 4.77. The molecule has 2 heterocycles. The van der Waals surface area contributed by atoms with Crippen LogP contribution < -0.4 is 14.4 Å². The molecule has 2 aliphatic heterocycles. The van der Waals surface area contributed by atoms with Crippen LogP contribution in [0.4, 0.5) is 5.69 Å². The Morgan fingerprint density at radius 2 is 1.74 bits per heavy atom. The molecule has 190 valence electrons. The second-order valence-corrected chi connectivity index (χ2v) is 11.3. The number of carbonyl (C=O) groups is 1. The van der Waals surface area contributed by atoms with Crippen molar-refractivity contribution < 1.29 is 22.7 Å². The van der Waals surface area contributed by atoms with Crippen molar-refractivity contribution >= 4 is 21.6 Å². The molecule has 35 heavy (non-hydrogen) atoms. The number of ether oxygens (including phenoxy) is 2. The smallest absolute Gasteiger partial charge is 0.263 e. The largest absolute Gasteiger partial charge is 0.495 e. The minimum atomic E-state index is -3.58. The molecule has 4 rings (SSSR count). The van der Waals surface area contributed by atoms with Crippen molar-refractivity contribution in [3.05, 3.63) is 48.5 Å². The molecule has 2 aromatic rings. The van der Waals surface area contributed by atoms with E-state index in [4.69, 9.17) is 9.47 Å². The highest BCUT2D eigenvalue weighted by atomic mass is 32.2. The first-order valence-corrected chi connectivity index (χ1v) is 13.7. The van der Waals surface area contributed by atoms with Crippen LogP contribution in [0.3, 0.4) is 0 Å². The Hall–Kier alpha value is -2.78. The standard InChI is InChI=1S/C26H35N3O5S/c1-20-8-7-13-29(19-20)35(31,32)23-11-12-25(33-3)24(18-23)27-14-16-28(17-15-27)26(30)21(2)34-22-9-5-4-6-10-22/h4-6,9-12,18,20-21H,7-8,13-17,19H2,1-3H3/t20-,21+/m1/s1. The first kappa shape index (κ1) is 25.3. The van der Waals surface area contributed by atoms with Gasteiger partial charge in [-0.05, 0) is 56.0 Å². The number of sulfonamides is 1. The number of anilines is 1. The van der Waals surface area contributed by atoms with E-state index in [1.54, 1.807) is 41.4 Å². The van der Waals surface area contributed by atoms with Crippen LogP contribution in [-0.2, 0) is 14.8 Å². The molecule has 1 amide bonds. The second kappa shape index (κ2) is 10.9. The molecule has 2 atom stereocenters. The molecule has 2 saturated heterocycles. The van der Waals surface area contributed by atoms with Crippen LogP contribution in [0.2, 0.25) is 0 Å². The van der Waals surface area contributed by atoms with Crippen LogP contribution in [0.5, 0.6) is 11.5 Å². The highest BCUT2D eigenvalue weighted by Crippen LogP contribution is 2.33. The minimum Gasteiger partial charge on any atom is -0.495 e. The van der Waals surface area contributed by atoms with Gasteiger partial charge in [0.25, 0.3) is 5.91 Å². The zero-order valence-corrected chi connectivity index (χ0v) is 21.5. The van der Waals surface area contributed by atoms with Gasteiger partial charge in [0.15, 0.2) is 6.10 Å². The van der Waals surface area contributed by atoms with Gasteiger partial charge in [0.1, 0.15) is 11.5 Å². The fraction of sp³-hybridized carbons (Fsp3) is 0.500. The maximum atomic E-state index is 13.3. The molecular weight excluding hydrogens is 466 g/mol. The molecule has 0 saturated carbocycles. The Morgan fingerprint density at radius 3 is 2.40 bits per heavy atom. The molecular formula is C26H35N3O5S. The third-order valence-corrected chi connectivity index (χ3v) is 8.60. The van der Waals surface area contributed by atoms with Crippen molar-refractivity contribution in [2.75, 3.05) is 51.3 Å². The highest BCUT2D eigenvalue weighted by Gasteiger charge is 2.31. The van der Waals surface area contributed by atoms with E-state index in [-0.39, 0.29) is 10.8 Å². The number of hydrogen-bond donors (Lipinski definition) is 0. The van der Waals surface area contributed by atoms with Crippen molar-refractivity contribution in [3.8, 4) is 11.5 Å². The van der Waals surface area contributed by atoms with Gasteiger partial charge in [-0.15, -0.1) is 0 Å².